The minimum Gasteiger partial charge on any atom is -0.497 e. The van der Waals surface area contributed by atoms with E-state index in [0.29, 0.717) is 5.17 Å². The molecule has 0 radical (unpaired) electrons. The van der Waals surface area contributed by atoms with Gasteiger partial charge >= 0.3 is 0 Å². The summed E-state index contributed by atoms with van der Waals surface area (Å²) in [6.45, 7) is 5.80. The zero-order valence-electron chi connectivity index (χ0n) is 9.90. The Balaban J connectivity index is 2.62. The molecule has 0 aromatic heterocycles. The SMILES string of the molecule is CCN(CC)C(=S)Oc1ccc(OC)cc1. The molecule has 0 heterocycles. The predicted octanol–water partition coefficient (Wildman–Crippen LogP) is 2.70. The maximum atomic E-state index is 5.56. The van der Waals surface area contributed by atoms with Gasteiger partial charge < -0.3 is 14.4 Å². The minimum absolute atomic E-state index is 0.509. The van der Waals surface area contributed by atoms with E-state index in [-0.39, 0.29) is 0 Å². The van der Waals surface area contributed by atoms with E-state index in [4.69, 9.17) is 21.7 Å². The van der Waals surface area contributed by atoms with Gasteiger partial charge in [-0.2, -0.15) is 0 Å². The van der Waals surface area contributed by atoms with Gasteiger partial charge in [-0.25, -0.2) is 0 Å². The lowest BCUT2D eigenvalue weighted by Crippen LogP contribution is -2.32. The van der Waals surface area contributed by atoms with Gasteiger partial charge in [0.1, 0.15) is 11.5 Å². The van der Waals surface area contributed by atoms with Gasteiger partial charge in [-0.05, 0) is 50.3 Å². The van der Waals surface area contributed by atoms with Gasteiger partial charge in [-0.1, -0.05) is 0 Å². The van der Waals surface area contributed by atoms with Crippen LogP contribution in [0, 0.1) is 0 Å². The normalized spacial score (nSPS) is 9.69. The Bertz CT molecular complexity index is 333. The molecule has 0 atom stereocenters. The van der Waals surface area contributed by atoms with Crippen LogP contribution in [-0.4, -0.2) is 30.3 Å². The number of ether oxygens (including phenoxy) is 2. The third-order valence-electron chi connectivity index (χ3n) is 2.29. The second-order valence-corrected chi connectivity index (χ2v) is 3.57. The maximum Gasteiger partial charge on any atom is 0.264 e. The van der Waals surface area contributed by atoms with E-state index in [0.717, 1.165) is 24.6 Å². The van der Waals surface area contributed by atoms with Crippen molar-refractivity contribution in [2.24, 2.45) is 0 Å². The van der Waals surface area contributed by atoms with Crippen LogP contribution < -0.4 is 9.47 Å². The zero-order chi connectivity index (χ0) is 12.0. The fraction of sp³-hybridized carbons (Fsp3) is 0.417. The summed E-state index contributed by atoms with van der Waals surface area (Å²) in [7, 11) is 1.64. The standard InChI is InChI=1S/C12H17NO2S/c1-4-13(5-2)12(16)15-11-8-6-10(14-3)7-9-11/h6-9H,4-5H2,1-3H3. The molecular weight excluding hydrogens is 222 g/mol. The number of methoxy groups -OCH3 is 1. The van der Waals surface area contributed by atoms with Crippen molar-refractivity contribution in [1.29, 1.82) is 0 Å². The lowest BCUT2D eigenvalue weighted by molar-refractivity contribution is 0.377. The van der Waals surface area contributed by atoms with E-state index in [1.165, 1.54) is 0 Å². The van der Waals surface area contributed by atoms with Gasteiger partial charge in [0.2, 0.25) is 0 Å². The highest BCUT2D eigenvalue weighted by Gasteiger charge is 2.07. The quantitative estimate of drug-likeness (QED) is 0.753. The van der Waals surface area contributed by atoms with Crippen molar-refractivity contribution < 1.29 is 9.47 Å². The average Bonchev–Trinajstić information content (AvgIpc) is 2.31. The van der Waals surface area contributed by atoms with Crippen molar-refractivity contribution in [2.75, 3.05) is 20.2 Å². The molecule has 0 spiro atoms. The van der Waals surface area contributed by atoms with Gasteiger partial charge in [0.25, 0.3) is 5.17 Å². The Labute approximate surface area is 102 Å². The van der Waals surface area contributed by atoms with E-state index in [9.17, 15) is 0 Å². The summed E-state index contributed by atoms with van der Waals surface area (Å²) >= 11 is 5.19. The monoisotopic (exact) mass is 239 g/mol. The topological polar surface area (TPSA) is 21.7 Å². The molecule has 4 heteroatoms. The molecule has 0 saturated heterocycles. The number of thiocarbonyl (C=S) groups is 1. The molecule has 0 unspecified atom stereocenters. The lowest BCUT2D eigenvalue weighted by atomic mass is 10.3. The minimum atomic E-state index is 0.509. The maximum absolute atomic E-state index is 5.56. The Hall–Kier alpha value is -1.29. The molecule has 0 fully saturated rings. The summed E-state index contributed by atoms with van der Waals surface area (Å²) in [5, 5.41) is 0.509. The van der Waals surface area contributed by atoms with E-state index >= 15 is 0 Å². The molecule has 16 heavy (non-hydrogen) atoms. The summed E-state index contributed by atoms with van der Waals surface area (Å²) in [4.78, 5) is 1.99. The van der Waals surface area contributed by atoms with Crippen LogP contribution >= 0.6 is 12.2 Å². The average molecular weight is 239 g/mol. The number of benzene rings is 1. The van der Waals surface area contributed by atoms with E-state index in [2.05, 4.69) is 0 Å². The van der Waals surface area contributed by atoms with Crippen LogP contribution in [0.15, 0.2) is 24.3 Å². The molecule has 3 nitrogen and oxygen atoms in total. The first kappa shape index (κ1) is 12.8. The Kier molecular flexibility index (Phi) is 5.05. The van der Waals surface area contributed by atoms with Crippen molar-refractivity contribution in [1.82, 2.24) is 4.90 Å². The van der Waals surface area contributed by atoms with Crippen LogP contribution in [0.25, 0.3) is 0 Å². The highest BCUT2D eigenvalue weighted by molar-refractivity contribution is 7.80. The predicted molar refractivity (Wildman–Crippen MR) is 69.1 cm³/mol. The molecule has 0 bridgehead atoms. The van der Waals surface area contributed by atoms with Crippen molar-refractivity contribution in [2.45, 2.75) is 13.8 Å². The van der Waals surface area contributed by atoms with E-state index in [1.54, 1.807) is 7.11 Å². The fourth-order valence-electron chi connectivity index (χ4n) is 1.29. The third kappa shape index (κ3) is 3.38. The second kappa shape index (κ2) is 6.33. The molecule has 0 aliphatic heterocycles. The Morgan fingerprint density at radius 2 is 1.62 bits per heavy atom. The van der Waals surface area contributed by atoms with Crippen molar-refractivity contribution in [3.63, 3.8) is 0 Å². The summed E-state index contributed by atoms with van der Waals surface area (Å²) in [5.74, 6) is 1.54. The molecular formula is C12H17NO2S. The van der Waals surface area contributed by atoms with Gasteiger partial charge in [0.05, 0.1) is 7.11 Å². The first-order chi connectivity index (χ1) is 7.71. The van der Waals surface area contributed by atoms with Crippen molar-refractivity contribution >= 4 is 17.4 Å². The summed E-state index contributed by atoms with van der Waals surface area (Å²) < 4.78 is 10.6. The van der Waals surface area contributed by atoms with Crippen LogP contribution in [0.2, 0.25) is 0 Å². The fourth-order valence-corrected chi connectivity index (χ4v) is 1.65. The van der Waals surface area contributed by atoms with Crippen LogP contribution in [-0.2, 0) is 0 Å². The van der Waals surface area contributed by atoms with E-state index < -0.39 is 0 Å². The molecule has 0 saturated carbocycles. The summed E-state index contributed by atoms with van der Waals surface area (Å²) in [6, 6.07) is 7.38. The first-order valence-corrected chi connectivity index (χ1v) is 5.72. The molecule has 88 valence electrons. The van der Waals surface area contributed by atoms with Crippen LogP contribution in [0.1, 0.15) is 13.8 Å². The van der Waals surface area contributed by atoms with Gasteiger partial charge in [-0.15, -0.1) is 0 Å². The smallest absolute Gasteiger partial charge is 0.264 e. The van der Waals surface area contributed by atoms with E-state index in [1.807, 2.05) is 43.0 Å². The zero-order valence-corrected chi connectivity index (χ0v) is 10.7. The first-order valence-electron chi connectivity index (χ1n) is 5.32. The number of hydrogen-bond acceptors (Lipinski definition) is 3. The third-order valence-corrected chi connectivity index (χ3v) is 2.63. The molecule has 1 aromatic carbocycles. The van der Waals surface area contributed by atoms with Crippen LogP contribution in [0.3, 0.4) is 0 Å². The Morgan fingerprint density at radius 3 is 2.06 bits per heavy atom. The second-order valence-electron chi connectivity index (χ2n) is 3.22. The highest BCUT2D eigenvalue weighted by atomic mass is 32.1. The van der Waals surface area contributed by atoms with Crippen molar-refractivity contribution in [3.05, 3.63) is 24.3 Å². The van der Waals surface area contributed by atoms with Gasteiger partial charge in [0.15, 0.2) is 0 Å². The van der Waals surface area contributed by atoms with Gasteiger partial charge in [-0.3, -0.25) is 0 Å². The van der Waals surface area contributed by atoms with Crippen LogP contribution in [0.4, 0.5) is 0 Å². The van der Waals surface area contributed by atoms with Crippen molar-refractivity contribution in [3.8, 4) is 11.5 Å². The molecule has 0 aliphatic rings. The number of rotatable bonds is 4. The summed E-state index contributed by atoms with van der Waals surface area (Å²) in [5.41, 5.74) is 0. The highest BCUT2D eigenvalue weighted by Crippen LogP contribution is 2.17. The van der Waals surface area contributed by atoms with Crippen LogP contribution in [0.5, 0.6) is 11.5 Å². The van der Waals surface area contributed by atoms with Gasteiger partial charge in [0, 0.05) is 13.1 Å². The summed E-state index contributed by atoms with van der Waals surface area (Å²) in [6.07, 6.45) is 0. The molecule has 1 aromatic rings. The number of hydrogen-bond donors (Lipinski definition) is 0. The lowest BCUT2D eigenvalue weighted by Gasteiger charge is -2.21. The Morgan fingerprint density at radius 1 is 1.12 bits per heavy atom. The number of nitrogens with zero attached hydrogens (tertiary/aromatic N) is 1. The molecule has 1 rings (SSSR count). The molecule has 0 amide bonds. The molecule has 0 aliphatic carbocycles. The largest absolute Gasteiger partial charge is 0.497 e. The molecule has 0 N–H and O–H groups in total.